The maximum Gasteiger partial charge on any atom is 0.416 e. The molecule has 0 aliphatic heterocycles. The first-order valence-electron chi connectivity index (χ1n) is 10.6. The van der Waals surface area contributed by atoms with Gasteiger partial charge in [0, 0.05) is 18.1 Å². The van der Waals surface area contributed by atoms with E-state index in [4.69, 9.17) is 0 Å². The normalized spacial score (nSPS) is 14.8. The van der Waals surface area contributed by atoms with Crippen LogP contribution in [0.1, 0.15) is 50.2 Å². The molecule has 0 unspecified atom stereocenters. The molecule has 2 N–H and O–H groups in total. The van der Waals surface area contributed by atoms with E-state index >= 15 is 0 Å². The van der Waals surface area contributed by atoms with Crippen molar-refractivity contribution in [3.05, 3.63) is 94.0 Å². The number of aromatic nitrogens is 1. The number of amides is 1. The second kappa shape index (κ2) is 8.02. The molecule has 0 atom stereocenters. The van der Waals surface area contributed by atoms with Crippen LogP contribution in [0, 0.1) is 0 Å². The number of carboxylic acid groups (broad SMARTS) is 1. The first-order valence-corrected chi connectivity index (χ1v) is 11.4. The van der Waals surface area contributed by atoms with Crippen molar-refractivity contribution >= 4 is 33.4 Å². The number of alkyl halides is 3. The monoisotopic (exact) mass is 484 g/mol. The van der Waals surface area contributed by atoms with E-state index in [-0.39, 0.29) is 11.5 Å². The van der Waals surface area contributed by atoms with Crippen LogP contribution in [0.4, 0.5) is 13.2 Å². The largest absolute Gasteiger partial charge is 0.478 e. The van der Waals surface area contributed by atoms with Crippen molar-refractivity contribution in [2.75, 3.05) is 0 Å². The van der Waals surface area contributed by atoms with Crippen molar-refractivity contribution in [2.45, 2.75) is 31.1 Å². The minimum Gasteiger partial charge on any atom is -0.478 e. The topological polar surface area (TPSA) is 71.3 Å². The summed E-state index contributed by atoms with van der Waals surface area (Å²) < 4.78 is 41.3. The number of carbonyl (C=O) groups is 2. The minimum atomic E-state index is -4.39. The number of benzene rings is 2. The fourth-order valence-electron chi connectivity index (χ4n) is 4.26. The molecular weight excluding hydrogens is 465 g/mol. The highest BCUT2D eigenvalue weighted by atomic mass is 32.1. The Balaban J connectivity index is 1.42. The molecule has 0 spiro atoms. The Labute approximate surface area is 196 Å². The second-order valence-corrected chi connectivity index (χ2v) is 9.30. The molecule has 2 aromatic carbocycles. The number of carbonyl (C=O) groups excluding carboxylic acids is 1. The SMILES string of the molecule is O=C(O)c1ccccc1C1(NC(=O)c2csc3ccn(Cc4ccc(C(F)(F)F)cc4)c23)CC1. The van der Waals surface area contributed by atoms with Gasteiger partial charge in [0.15, 0.2) is 0 Å². The van der Waals surface area contributed by atoms with Crippen LogP contribution in [0.5, 0.6) is 0 Å². The average Bonchev–Trinajstić information content (AvgIpc) is 3.28. The molecule has 34 heavy (non-hydrogen) atoms. The van der Waals surface area contributed by atoms with Crippen molar-refractivity contribution < 1.29 is 27.9 Å². The molecule has 1 amide bonds. The van der Waals surface area contributed by atoms with Gasteiger partial charge in [-0.2, -0.15) is 13.2 Å². The lowest BCUT2D eigenvalue weighted by atomic mass is 9.98. The predicted molar refractivity (Wildman–Crippen MR) is 122 cm³/mol. The molecule has 1 aliphatic rings. The Kier molecular flexibility index (Phi) is 5.24. The number of fused-ring (bicyclic) bond motifs is 1. The highest BCUT2D eigenvalue weighted by molar-refractivity contribution is 7.17. The summed E-state index contributed by atoms with van der Waals surface area (Å²) in [5.74, 6) is -1.35. The van der Waals surface area contributed by atoms with Crippen molar-refractivity contribution in [1.82, 2.24) is 9.88 Å². The number of nitrogens with zero attached hydrogens (tertiary/aromatic N) is 1. The van der Waals surface area contributed by atoms with Crippen LogP contribution in [0.25, 0.3) is 10.2 Å². The number of carboxylic acids is 1. The van der Waals surface area contributed by atoms with Crippen LogP contribution in [-0.4, -0.2) is 21.6 Å². The van der Waals surface area contributed by atoms with Crippen LogP contribution in [0.3, 0.4) is 0 Å². The van der Waals surface area contributed by atoms with E-state index in [0.717, 1.165) is 16.8 Å². The van der Waals surface area contributed by atoms with Gasteiger partial charge in [-0.1, -0.05) is 30.3 Å². The zero-order valence-electron chi connectivity index (χ0n) is 17.7. The third-order valence-electron chi connectivity index (χ3n) is 6.14. The van der Waals surface area contributed by atoms with Crippen LogP contribution in [0.15, 0.2) is 66.2 Å². The number of hydrogen-bond donors (Lipinski definition) is 2. The van der Waals surface area contributed by atoms with E-state index in [9.17, 15) is 27.9 Å². The zero-order chi connectivity index (χ0) is 24.1. The Morgan fingerprint density at radius 3 is 2.38 bits per heavy atom. The fourth-order valence-corrected chi connectivity index (χ4v) is 5.20. The molecule has 0 radical (unpaired) electrons. The lowest BCUT2D eigenvalue weighted by molar-refractivity contribution is -0.137. The van der Waals surface area contributed by atoms with E-state index in [1.807, 2.05) is 16.8 Å². The molecular formula is C25H19F3N2O3S. The molecule has 4 aromatic rings. The third-order valence-corrected chi connectivity index (χ3v) is 7.08. The number of nitrogens with one attached hydrogen (secondary N) is 1. The van der Waals surface area contributed by atoms with E-state index < -0.39 is 23.2 Å². The van der Waals surface area contributed by atoms with Gasteiger partial charge in [-0.05, 0) is 48.2 Å². The van der Waals surface area contributed by atoms with E-state index in [1.54, 1.807) is 23.6 Å². The van der Waals surface area contributed by atoms with Crippen molar-refractivity contribution in [3.8, 4) is 0 Å². The maximum atomic E-state index is 13.3. The summed E-state index contributed by atoms with van der Waals surface area (Å²) in [5, 5.41) is 14.3. The Bertz CT molecular complexity index is 1400. The summed E-state index contributed by atoms with van der Waals surface area (Å²) in [4.78, 5) is 25.0. The highest BCUT2D eigenvalue weighted by Crippen LogP contribution is 2.47. The summed E-state index contributed by atoms with van der Waals surface area (Å²) in [6.07, 6.45) is -1.30. The van der Waals surface area contributed by atoms with Gasteiger partial charge in [-0.3, -0.25) is 4.79 Å². The summed E-state index contributed by atoms with van der Waals surface area (Å²) >= 11 is 1.41. The summed E-state index contributed by atoms with van der Waals surface area (Å²) in [5.41, 5.74) is 1.16. The molecule has 2 heterocycles. The van der Waals surface area contributed by atoms with Crippen LogP contribution >= 0.6 is 11.3 Å². The van der Waals surface area contributed by atoms with Gasteiger partial charge in [0.05, 0.1) is 32.4 Å². The van der Waals surface area contributed by atoms with Crippen LogP contribution < -0.4 is 5.32 Å². The van der Waals surface area contributed by atoms with Gasteiger partial charge in [-0.15, -0.1) is 11.3 Å². The first-order chi connectivity index (χ1) is 16.2. The van der Waals surface area contributed by atoms with Gasteiger partial charge < -0.3 is 15.0 Å². The van der Waals surface area contributed by atoms with Gasteiger partial charge in [0.25, 0.3) is 5.91 Å². The quantitative estimate of drug-likeness (QED) is 0.359. The van der Waals surface area contributed by atoms with Gasteiger partial charge in [0.2, 0.25) is 0 Å². The molecule has 1 saturated carbocycles. The second-order valence-electron chi connectivity index (χ2n) is 8.39. The number of rotatable bonds is 6. The lowest BCUT2D eigenvalue weighted by Crippen LogP contribution is -2.36. The number of thiophene rings is 1. The Hall–Kier alpha value is -3.59. The van der Waals surface area contributed by atoms with E-state index in [2.05, 4.69) is 5.32 Å². The summed E-state index contributed by atoms with van der Waals surface area (Å²) in [7, 11) is 0. The molecule has 1 fully saturated rings. The lowest BCUT2D eigenvalue weighted by Gasteiger charge is -2.20. The number of hydrogen-bond acceptors (Lipinski definition) is 3. The van der Waals surface area contributed by atoms with Crippen LogP contribution in [-0.2, 0) is 18.3 Å². The Morgan fingerprint density at radius 2 is 1.74 bits per heavy atom. The summed E-state index contributed by atoms with van der Waals surface area (Å²) in [6, 6.07) is 13.5. The molecule has 9 heteroatoms. The molecule has 5 rings (SSSR count). The van der Waals surface area contributed by atoms with Gasteiger partial charge in [0.1, 0.15) is 0 Å². The van der Waals surface area contributed by atoms with Crippen LogP contribution in [0.2, 0.25) is 0 Å². The predicted octanol–water partition coefficient (Wildman–Crippen LogP) is 5.89. The van der Waals surface area contributed by atoms with Crippen molar-refractivity contribution in [3.63, 3.8) is 0 Å². The zero-order valence-corrected chi connectivity index (χ0v) is 18.5. The van der Waals surface area contributed by atoms with E-state index in [0.29, 0.717) is 41.6 Å². The molecule has 5 nitrogen and oxygen atoms in total. The smallest absolute Gasteiger partial charge is 0.416 e. The fraction of sp³-hybridized carbons (Fsp3) is 0.200. The standard InChI is InChI=1S/C25H19F3N2O3S/c26-25(27,28)16-7-5-15(6-8-16)13-30-12-9-20-21(30)18(14-34-20)22(31)29-24(10-11-24)19-4-2-1-3-17(19)23(32)33/h1-9,12,14H,10-11,13H2,(H,29,31)(H,32,33). The average molecular weight is 484 g/mol. The molecule has 1 aliphatic carbocycles. The highest BCUT2D eigenvalue weighted by Gasteiger charge is 2.48. The molecule has 0 saturated heterocycles. The van der Waals surface area contributed by atoms with Crippen molar-refractivity contribution in [2.24, 2.45) is 0 Å². The number of aromatic carboxylic acids is 1. The first kappa shape index (κ1) is 22.2. The summed E-state index contributed by atoms with van der Waals surface area (Å²) in [6.45, 7) is 0.311. The molecule has 2 aromatic heterocycles. The minimum absolute atomic E-state index is 0.168. The number of halogens is 3. The maximum absolute atomic E-state index is 13.3. The van der Waals surface area contributed by atoms with Crippen molar-refractivity contribution in [1.29, 1.82) is 0 Å². The van der Waals surface area contributed by atoms with Gasteiger partial charge >= 0.3 is 12.1 Å². The third kappa shape index (κ3) is 3.96. The van der Waals surface area contributed by atoms with E-state index in [1.165, 1.54) is 29.5 Å². The molecule has 0 bridgehead atoms. The molecule has 174 valence electrons. The Morgan fingerprint density at radius 1 is 1.03 bits per heavy atom. The van der Waals surface area contributed by atoms with Gasteiger partial charge in [-0.25, -0.2) is 4.79 Å².